The second-order valence-electron chi connectivity index (χ2n) is 5.42. The van der Waals surface area contributed by atoms with Crippen molar-refractivity contribution in [3.63, 3.8) is 0 Å². The number of benzene rings is 1. The zero-order chi connectivity index (χ0) is 14.2. The molecule has 2 aromatic rings. The van der Waals surface area contributed by atoms with Crippen LogP contribution in [-0.2, 0) is 4.74 Å². The van der Waals surface area contributed by atoms with Gasteiger partial charge in [-0.05, 0) is 18.2 Å². The minimum Gasteiger partial charge on any atom is -0.423 e. The molecule has 6 heteroatoms. The van der Waals surface area contributed by atoms with Gasteiger partial charge in [-0.2, -0.15) is 4.98 Å². The summed E-state index contributed by atoms with van der Waals surface area (Å²) in [5.41, 5.74) is 7.06. The fraction of sp³-hybridized carbons (Fsp3) is 0.500. The first-order chi connectivity index (χ1) is 9.56. The monoisotopic (exact) mass is 277 g/mol. The molecule has 3 rings (SSSR count). The van der Waals surface area contributed by atoms with Gasteiger partial charge in [0.1, 0.15) is 5.52 Å². The second kappa shape index (κ2) is 4.96. The van der Waals surface area contributed by atoms with E-state index in [2.05, 4.69) is 4.98 Å². The second-order valence-corrected chi connectivity index (χ2v) is 5.42. The molecule has 1 saturated heterocycles. The van der Waals surface area contributed by atoms with Gasteiger partial charge in [0.15, 0.2) is 5.58 Å². The number of oxazole rings is 1. The van der Waals surface area contributed by atoms with Crippen LogP contribution in [0.15, 0.2) is 22.6 Å². The molecule has 0 spiro atoms. The molecule has 6 nitrogen and oxygen atoms in total. The molecule has 1 aliphatic heterocycles. The standard InChI is InChI=1S/C14H19N3O3/c1-17(9-14(18)4-6-19-7-5-14)13-16-11-8-10(15)2-3-12(11)20-13/h2-3,8,18H,4-7,9,15H2,1H3. The van der Waals surface area contributed by atoms with E-state index in [0.29, 0.717) is 49.9 Å². The fourth-order valence-corrected chi connectivity index (χ4v) is 2.51. The molecule has 0 aliphatic carbocycles. The minimum absolute atomic E-state index is 0.471. The number of hydrogen-bond acceptors (Lipinski definition) is 6. The first-order valence-corrected chi connectivity index (χ1v) is 6.73. The Morgan fingerprint density at radius 3 is 2.90 bits per heavy atom. The Bertz CT molecular complexity index is 605. The minimum atomic E-state index is -0.743. The molecule has 1 aromatic carbocycles. The van der Waals surface area contributed by atoms with Crippen molar-refractivity contribution in [2.75, 3.05) is 37.4 Å². The van der Waals surface area contributed by atoms with Crippen molar-refractivity contribution >= 4 is 22.8 Å². The van der Waals surface area contributed by atoms with Crippen molar-refractivity contribution in [2.45, 2.75) is 18.4 Å². The summed E-state index contributed by atoms with van der Waals surface area (Å²) in [7, 11) is 1.86. The Kier molecular flexibility index (Phi) is 3.27. The van der Waals surface area contributed by atoms with Gasteiger partial charge in [0, 0.05) is 38.8 Å². The van der Waals surface area contributed by atoms with E-state index in [-0.39, 0.29) is 0 Å². The molecule has 0 bridgehead atoms. The van der Waals surface area contributed by atoms with Crippen LogP contribution in [0, 0.1) is 0 Å². The van der Waals surface area contributed by atoms with E-state index in [1.54, 1.807) is 18.2 Å². The summed E-state index contributed by atoms with van der Waals surface area (Å²) in [6.07, 6.45) is 1.26. The van der Waals surface area contributed by atoms with E-state index in [4.69, 9.17) is 14.9 Å². The van der Waals surface area contributed by atoms with Gasteiger partial charge in [0.2, 0.25) is 0 Å². The zero-order valence-corrected chi connectivity index (χ0v) is 11.5. The normalized spacial score (nSPS) is 18.3. The molecule has 1 aliphatic rings. The van der Waals surface area contributed by atoms with Crippen LogP contribution in [0.3, 0.4) is 0 Å². The Hall–Kier alpha value is -1.79. The number of nitrogens with two attached hydrogens (primary N) is 1. The average Bonchev–Trinajstić information content (AvgIpc) is 2.82. The molecule has 20 heavy (non-hydrogen) atoms. The SMILES string of the molecule is CN(CC1(O)CCOCC1)c1nc2cc(N)ccc2o1. The van der Waals surface area contributed by atoms with Crippen molar-refractivity contribution in [1.29, 1.82) is 0 Å². The van der Waals surface area contributed by atoms with Gasteiger partial charge < -0.3 is 24.9 Å². The molecule has 0 unspecified atom stereocenters. The van der Waals surface area contributed by atoms with Crippen molar-refractivity contribution in [3.8, 4) is 0 Å². The maximum Gasteiger partial charge on any atom is 0.298 e. The van der Waals surface area contributed by atoms with E-state index in [0.717, 1.165) is 5.52 Å². The largest absolute Gasteiger partial charge is 0.423 e. The lowest BCUT2D eigenvalue weighted by atomic mass is 9.94. The van der Waals surface area contributed by atoms with E-state index in [9.17, 15) is 5.11 Å². The Morgan fingerprint density at radius 2 is 2.15 bits per heavy atom. The molecule has 0 amide bonds. The van der Waals surface area contributed by atoms with Crippen LogP contribution in [0.25, 0.3) is 11.1 Å². The van der Waals surface area contributed by atoms with Crippen molar-refractivity contribution in [2.24, 2.45) is 0 Å². The van der Waals surface area contributed by atoms with Crippen LogP contribution >= 0.6 is 0 Å². The Labute approximate surface area is 117 Å². The third-order valence-electron chi connectivity index (χ3n) is 3.68. The number of nitrogen functional groups attached to an aromatic ring is 1. The molecule has 1 fully saturated rings. The summed E-state index contributed by atoms with van der Waals surface area (Å²) in [5.74, 6) is 0. The van der Waals surface area contributed by atoms with Crippen LogP contribution in [0.2, 0.25) is 0 Å². The number of anilines is 2. The lowest BCUT2D eigenvalue weighted by Crippen LogP contribution is -2.45. The van der Waals surface area contributed by atoms with Crippen LogP contribution in [-0.4, -0.2) is 42.5 Å². The Morgan fingerprint density at radius 1 is 1.40 bits per heavy atom. The molecular weight excluding hydrogens is 258 g/mol. The first kappa shape index (κ1) is 13.2. The highest BCUT2D eigenvalue weighted by Gasteiger charge is 2.32. The van der Waals surface area contributed by atoms with Crippen LogP contribution in [0.1, 0.15) is 12.8 Å². The predicted molar refractivity (Wildman–Crippen MR) is 76.7 cm³/mol. The maximum absolute atomic E-state index is 10.5. The number of nitrogens with zero attached hydrogens (tertiary/aromatic N) is 2. The van der Waals surface area contributed by atoms with Gasteiger partial charge in [-0.25, -0.2) is 0 Å². The number of ether oxygens (including phenoxy) is 1. The van der Waals surface area contributed by atoms with Gasteiger partial charge in [0.05, 0.1) is 12.1 Å². The van der Waals surface area contributed by atoms with Gasteiger partial charge >= 0.3 is 0 Å². The molecule has 1 aromatic heterocycles. The van der Waals surface area contributed by atoms with Gasteiger partial charge in [-0.3, -0.25) is 0 Å². The predicted octanol–water partition coefficient (Wildman–Crippen LogP) is 1.39. The summed E-state index contributed by atoms with van der Waals surface area (Å²) in [5, 5.41) is 10.5. The number of hydrogen-bond donors (Lipinski definition) is 2. The van der Waals surface area contributed by atoms with Gasteiger partial charge in [-0.15, -0.1) is 0 Å². The molecular formula is C14H19N3O3. The number of rotatable bonds is 3. The molecule has 108 valence electrons. The van der Waals surface area contributed by atoms with Gasteiger partial charge in [0.25, 0.3) is 6.01 Å². The summed E-state index contributed by atoms with van der Waals surface area (Å²) >= 11 is 0. The van der Waals surface area contributed by atoms with E-state index in [1.807, 2.05) is 11.9 Å². The molecule has 0 radical (unpaired) electrons. The fourth-order valence-electron chi connectivity index (χ4n) is 2.51. The number of likely N-dealkylation sites (N-methyl/N-ethyl adjacent to an activating group) is 1. The number of aromatic nitrogens is 1. The molecule has 0 saturated carbocycles. The lowest BCUT2D eigenvalue weighted by molar-refractivity contribution is -0.0576. The topological polar surface area (TPSA) is 84.8 Å². The average molecular weight is 277 g/mol. The van der Waals surface area contributed by atoms with E-state index >= 15 is 0 Å². The summed E-state index contributed by atoms with van der Waals surface area (Å²) in [6, 6.07) is 5.85. The van der Waals surface area contributed by atoms with Crippen molar-refractivity contribution in [1.82, 2.24) is 4.98 Å². The highest BCUT2D eigenvalue weighted by molar-refractivity contribution is 5.78. The molecule has 3 N–H and O–H groups in total. The van der Waals surface area contributed by atoms with Gasteiger partial charge in [-0.1, -0.05) is 0 Å². The quantitative estimate of drug-likeness (QED) is 0.825. The summed E-state index contributed by atoms with van der Waals surface area (Å²) < 4.78 is 11.0. The first-order valence-electron chi connectivity index (χ1n) is 6.73. The lowest BCUT2D eigenvalue weighted by Gasteiger charge is -2.34. The molecule has 0 atom stereocenters. The van der Waals surface area contributed by atoms with Crippen LogP contribution in [0.4, 0.5) is 11.7 Å². The third-order valence-corrected chi connectivity index (χ3v) is 3.68. The highest BCUT2D eigenvalue weighted by Crippen LogP contribution is 2.26. The van der Waals surface area contributed by atoms with Crippen LogP contribution in [0.5, 0.6) is 0 Å². The smallest absolute Gasteiger partial charge is 0.298 e. The molecule has 2 heterocycles. The highest BCUT2D eigenvalue weighted by atomic mass is 16.5. The summed E-state index contributed by atoms with van der Waals surface area (Å²) in [4.78, 5) is 6.24. The zero-order valence-electron chi connectivity index (χ0n) is 11.5. The van der Waals surface area contributed by atoms with Crippen molar-refractivity contribution < 1.29 is 14.3 Å². The van der Waals surface area contributed by atoms with Crippen molar-refractivity contribution in [3.05, 3.63) is 18.2 Å². The Balaban J connectivity index is 1.79. The third kappa shape index (κ3) is 2.57. The van der Waals surface area contributed by atoms with E-state index in [1.165, 1.54) is 0 Å². The number of aliphatic hydroxyl groups is 1. The summed E-state index contributed by atoms with van der Waals surface area (Å²) in [6.45, 7) is 1.65. The van der Waals surface area contributed by atoms with Crippen LogP contribution < -0.4 is 10.6 Å². The maximum atomic E-state index is 10.5. The number of fused-ring (bicyclic) bond motifs is 1. The van der Waals surface area contributed by atoms with E-state index < -0.39 is 5.60 Å².